The van der Waals surface area contributed by atoms with Crippen LogP contribution >= 0.6 is 0 Å². The molecule has 0 bridgehead atoms. The number of allylic oxidation sites excluding steroid dienone is 4. The molecule has 1 aromatic heterocycles. The summed E-state index contributed by atoms with van der Waals surface area (Å²) in [5, 5.41) is 7.61. The van der Waals surface area contributed by atoms with E-state index in [0.29, 0.717) is 16.5 Å². The van der Waals surface area contributed by atoms with Crippen LogP contribution in [0.1, 0.15) is 32.3 Å². The molecule has 1 heterocycles. The highest BCUT2D eigenvalue weighted by Crippen LogP contribution is 2.23. The zero-order chi connectivity index (χ0) is 28.3. The second kappa shape index (κ2) is 14.0. The molecule has 0 saturated carbocycles. The fourth-order valence-corrected chi connectivity index (χ4v) is 3.66. The van der Waals surface area contributed by atoms with Crippen molar-refractivity contribution in [1.82, 2.24) is 20.9 Å². The van der Waals surface area contributed by atoms with Gasteiger partial charge in [0, 0.05) is 29.9 Å². The topological polar surface area (TPSA) is 120 Å². The lowest BCUT2D eigenvalue weighted by molar-refractivity contribution is -0.173. The van der Waals surface area contributed by atoms with Crippen LogP contribution in [0.2, 0.25) is 0 Å². The number of aromatic nitrogens is 1. The van der Waals surface area contributed by atoms with Gasteiger partial charge in [0.05, 0.1) is 6.54 Å². The number of Topliss-reactive ketones (excluding diaryl/α,β-unsaturated/α-hetero) is 1. The number of halogens is 3. The van der Waals surface area contributed by atoms with Crippen LogP contribution in [-0.2, 0) is 25.6 Å². The van der Waals surface area contributed by atoms with Crippen LogP contribution in [-0.4, -0.2) is 53.3 Å². The Balaban J connectivity index is 2.11. The van der Waals surface area contributed by atoms with Gasteiger partial charge in [0.2, 0.25) is 17.7 Å². The maximum absolute atomic E-state index is 13.3. The monoisotopic (exact) mass is 532 g/mol. The summed E-state index contributed by atoms with van der Waals surface area (Å²) < 4.78 is 39.8. The quantitative estimate of drug-likeness (QED) is 0.296. The van der Waals surface area contributed by atoms with Crippen LogP contribution in [0.15, 0.2) is 66.9 Å². The maximum atomic E-state index is 13.3. The molecule has 2 unspecified atom stereocenters. The van der Waals surface area contributed by atoms with Gasteiger partial charge in [0.15, 0.2) is 0 Å². The van der Waals surface area contributed by atoms with E-state index in [1.165, 1.54) is 6.20 Å². The number of nitrogens with one attached hydrogen (secondary N) is 4. The number of alkyl halides is 3. The summed E-state index contributed by atoms with van der Waals surface area (Å²) in [6, 6.07) is 3.96. The molecule has 0 radical (unpaired) electrons. The summed E-state index contributed by atoms with van der Waals surface area (Å²) >= 11 is 0. The summed E-state index contributed by atoms with van der Waals surface area (Å²) in [7, 11) is 0. The highest BCUT2D eigenvalue weighted by molar-refractivity contribution is 5.95. The van der Waals surface area contributed by atoms with E-state index in [2.05, 4.69) is 27.5 Å². The van der Waals surface area contributed by atoms with Crippen LogP contribution in [0.4, 0.5) is 13.2 Å². The number of fused-ring (bicyclic) bond motifs is 1. The fraction of sp³-hybridized carbons (Fsp3) is 0.333. The van der Waals surface area contributed by atoms with E-state index in [1.807, 2.05) is 0 Å². The highest BCUT2D eigenvalue weighted by atomic mass is 19.4. The molecule has 11 heteroatoms. The molecular weight excluding hydrogens is 501 g/mol. The van der Waals surface area contributed by atoms with Crippen molar-refractivity contribution in [3.05, 3.63) is 72.5 Å². The van der Waals surface area contributed by atoms with Gasteiger partial charge in [-0.05, 0) is 25.0 Å². The zero-order valence-electron chi connectivity index (χ0n) is 21.2. The van der Waals surface area contributed by atoms with Gasteiger partial charge in [-0.2, -0.15) is 13.2 Å². The average Bonchev–Trinajstić information content (AvgIpc) is 3.28. The van der Waals surface area contributed by atoms with Crippen molar-refractivity contribution < 1.29 is 32.3 Å². The predicted octanol–water partition coefficient (Wildman–Crippen LogP) is 3.42. The summed E-state index contributed by atoms with van der Waals surface area (Å²) in [6.07, 6.45) is 2.85. The Kier molecular flexibility index (Phi) is 11.1. The third-order valence-corrected chi connectivity index (χ3v) is 5.58. The molecule has 38 heavy (non-hydrogen) atoms. The van der Waals surface area contributed by atoms with E-state index in [-0.39, 0.29) is 12.8 Å². The molecule has 2 rings (SSSR count). The molecule has 4 N–H and O–H groups in total. The smallest absolute Gasteiger partial charge is 0.361 e. The SMILES string of the molecule is C=C/C=C\C=C(/C)CC(NC(=O)CC)C(=O)NCC(=O)NC(Cc1c[nH]c2ccccc12)C(=O)C(F)(F)F. The molecule has 2 atom stereocenters. The second-order valence-electron chi connectivity index (χ2n) is 8.57. The molecule has 0 aliphatic heterocycles. The van der Waals surface area contributed by atoms with Crippen LogP contribution in [0, 0.1) is 0 Å². The van der Waals surface area contributed by atoms with Crippen molar-refractivity contribution in [2.45, 2.75) is 51.4 Å². The average molecular weight is 533 g/mol. The molecule has 0 saturated heterocycles. The van der Waals surface area contributed by atoms with Crippen molar-refractivity contribution in [1.29, 1.82) is 0 Å². The van der Waals surface area contributed by atoms with Crippen LogP contribution in [0.5, 0.6) is 0 Å². The number of rotatable bonds is 13. The van der Waals surface area contributed by atoms with Gasteiger partial charge in [-0.15, -0.1) is 0 Å². The van der Waals surface area contributed by atoms with Gasteiger partial charge >= 0.3 is 6.18 Å². The van der Waals surface area contributed by atoms with Gasteiger partial charge in [-0.25, -0.2) is 0 Å². The largest absolute Gasteiger partial charge is 0.452 e. The lowest BCUT2D eigenvalue weighted by atomic mass is 10.0. The highest BCUT2D eigenvalue weighted by Gasteiger charge is 2.44. The lowest BCUT2D eigenvalue weighted by Crippen LogP contribution is -2.52. The van der Waals surface area contributed by atoms with Gasteiger partial charge < -0.3 is 20.9 Å². The number of carbonyl (C=O) groups excluding carboxylic acids is 4. The van der Waals surface area contributed by atoms with Gasteiger partial charge in [0.25, 0.3) is 5.78 Å². The summed E-state index contributed by atoms with van der Waals surface area (Å²) in [4.78, 5) is 52.1. The number of aromatic amines is 1. The Labute approximate surface area is 218 Å². The maximum Gasteiger partial charge on any atom is 0.452 e. The molecule has 204 valence electrons. The van der Waals surface area contributed by atoms with Crippen molar-refractivity contribution in [2.24, 2.45) is 0 Å². The standard InChI is InChI=1S/C27H31F3N4O4/c1-4-6-7-10-17(3)13-22(34-23(35)5-2)26(38)32-16-24(36)33-21(25(37)27(28,29)30)14-18-15-31-20-12-9-8-11-19(18)20/h4,6-12,15,21-22,31H,1,5,13-14,16H2,2-3H3,(H,32,38)(H,33,36)(H,34,35)/b7-6-,17-10+. The second-order valence-corrected chi connectivity index (χ2v) is 8.57. The first kappa shape index (κ1) is 30.1. The first-order chi connectivity index (χ1) is 18.0. The number of benzene rings is 1. The summed E-state index contributed by atoms with van der Waals surface area (Å²) in [5.74, 6) is -4.18. The Hall–Kier alpha value is -4.15. The van der Waals surface area contributed by atoms with Crippen LogP contribution in [0.3, 0.4) is 0 Å². The van der Waals surface area contributed by atoms with Gasteiger partial charge in [-0.1, -0.05) is 61.6 Å². The van der Waals surface area contributed by atoms with Crippen LogP contribution in [0.25, 0.3) is 10.9 Å². The third-order valence-electron chi connectivity index (χ3n) is 5.58. The minimum absolute atomic E-state index is 0.123. The molecule has 2 aromatic rings. The van der Waals surface area contributed by atoms with Gasteiger partial charge in [-0.3, -0.25) is 19.2 Å². The zero-order valence-corrected chi connectivity index (χ0v) is 21.2. The molecule has 1 aromatic carbocycles. The van der Waals surface area contributed by atoms with E-state index < -0.39 is 54.7 Å². The number of hydrogen-bond acceptors (Lipinski definition) is 4. The number of carbonyl (C=O) groups is 4. The van der Waals surface area contributed by atoms with E-state index in [4.69, 9.17) is 0 Å². The molecule has 0 aliphatic rings. The molecular formula is C27H31F3N4O4. The van der Waals surface area contributed by atoms with Crippen molar-refractivity contribution in [3.8, 4) is 0 Å². The van der Waals surface area contributed by atoms with E-state index in [9.17, 15) is 32.3 Å². The minimum Gasteiger partial charge on any atom is -0.361 e. The van der Waals surface area contributed by atoms with Crippen molar-refractivity contribution >= 4 is 34.4 Å². The fourth-order valence-electron chi connectivity index (χ4n) is 3.66. The molecule has 0 fully saturated rings. The first-order valence-electron chi connectivity index (χ1n) is 11.9. The minimum atomic E-state index is -5.17. The normalized spacial score (nSPS) is 13.7. The molecule has 8 nitrogen and oxygen atoms in total. The number of ketones is 1. The Morgan fingerprint density at radius 3 is 2.39 bits per heavy atom. The summed E-state index contributed by atoms with van der Waals surface area (Å²) in [5.41, 5.74) is 1.84. The Morgan fingerprint density at radius 2 is 1.74 bits per heavy atom. The van der Waals surface area contributed by atoms with Gasteiger partial charge in [0.1, 0.15) is 12.1 Å². The van der Waals surface area contributed by atoms with Crippen molar-refractivity contribution in [2.75, 3.05) is 6.54 Å². The Morgan fingerprint density at radius 1 is 1.05 bits per heavy atom. The third kappa shape index (κ3) is 9.06. The van der Waals surface area contributed by atoms with Crippen molar-refractivity contribution in [3.63, 3.8) is 0 Å². The van der Waals surface area contributed by atoms with E-state index in [0.717, 1.165) is 5.57 Å². The van der Waals surface area contributed by atoms with E-state index >= 15 is 0 Å². The van der Waals surface area contributed by atoms with E-state index in [1.54, 1.807) is 62.4 Å². The number of H-pyrrole nitrogens is 1. The molecule has 0 spiro atoms. The van der Waals surface area contributed by atoms with Crippen LogP contribution < -0.4 is 16.0 Å². The lowest BCUT2D eigenvalue weighted by Gasteiger charge is -2.21. The number of hydrogen-bond donors (Lipinski definition) is 4. The number of amides is 3. The summed E-state index contributed by atoms with van der Waals surface area (Å²) in [6.45, 7) is 6.22. The molecule has 3 amide bonds. The number of para-hydroxylation sites is 1. The molecule has 0 aliphatic carbocycles. The Bertz CT molecular complexity index is 1230. The predicted molar refractivity (Wildman–Crippen MR) is 138 cm³/mol. The first-order valence-corrected chi connectivity index (χ1v) is 11.9.